The zero-order chi connectivity index (χ0) is 24.9. The number of aromatic nitrogens is 2. The molecule has 3 aromatic carbocycles. The van der Waals surface area contributed by atoms with Crippen LogP contribution in [0.1, 0.15) is 25.8 Å². The number of esters is 1. The quantitative estimate of drug-likeness (QED) is 0.346. The highest BCUT2D eigenvalue weighted by Crippen LogP contribution is 2.41. The Hall–Kier alpha value is -4.39. The number of carbonyl (C=O) groups excluding carboxylic acids is 2. The molecule has 1 N–H and O–H groups in total. The fourth-order valence-corrected chi connectivity index (χ4v) is 3.78. The maximum absolute atomic E-state index is 12.2. The van der Waals surface area contributed by atoms with E-state index in [2.05, 4.69) is 5.32 Å². The highest BCUT2D eigenvalue weighted by atomic mass is 16.5. The molecule has 7 nitrogen and oxygen atoms in total. The van der Waals surface area contributed by atoms with E-state index in [0.29, 0.717) is 29.2 Å². The minimum Gasteiger partial charge on any atom is -0.497 e. The Morgan fingerprint density at radius 2 is 1.60 bits per heavy atom. The van der Waals surface area contributed by atoms with Gasteiger partial charge in [-0.05, 0) is 60.5 Å². The standard InChI is InChI=1S/C28H27N3O4/c1-5-25(33)29-22-14-10-20(11-15-22)26-27(21-12-16-23(34-4)17-13-21)30-31(28(26)35-19(3)32)24-9-7-6-8-18(24)2/h6-17H,5H2,1-4H3,(H,29,33). The predicted molar refractivity (Wildman–Crippen MR) is 136 cm³/mol. The monoisotopic (exact) mass is 469 g/mol. The number of benzene rings is 3. The van der Waals surface area contributed by atoms with Gasteiger partial charge in [-0.3, -0.25) is 9.59 Å². The fraction of sp³-hybridized carbons (Fsp3) is 0.179. The summed E-state index contributed by atoms with van der Waals surface area (Å²) in [4.78, 5) is 24.0. The number of ether oxygens (including phenoxy) is 2. The molecule has 1 amide bonds. The van der Waals surface area contributed by atoms with E-state index in [-0.39, 0.29) is 5.91 Å². The van der Waals surface area contributed by atoms with Gasteiger partial charge in [-0.15, -0.1) is 0 Å². The van der Waals surface area contributed by atoms with Crippen molar-refractivity contribution in [1.82, 2.24) is 9.78 Å². The molecule has 4 rings (SSSR count). The number of anilines is 1. The van der Waals surface area contributed by atoms with Gasteiger partial charge in [-0.1, -0.05) is 37.3 Å². The third-order valence-electron chi connectivity index (χ3n) is 5.57. The number of amides is 1. The molecule has 35 heavy (non-hydrogen) atoms. The molecule has 4 aromatic rings. The average Bonchev–Trinajstić information content (AvgIpc) is 3.22. The number of hydrogen-bond donors (Lipinski definition) is 1. The van der Waals surface area contributed by atoms with Crippen molar-refractivity contribution in [2.24, 2.45) is 0 Å². The van der Waals surface area contributed by atoms with Crippen LogP contribution in [-0.4, -0.2) is 28.8 Å². The molecule has 0 atom stereocenters. The lowest BCUT2D eigenvalue weighted by atomic mass is 10.0. The van der Waals surface area contributed by atoms with Gasteiger partial charge in [-0.2, -0.15) is 9.78 Å². The van der Waals surface area contributed by atoms with E-state index in [1.807, 2.05) is 79.7 Å². The molecule has 0 saturated heterocycles. The van der Waals surface area contributed by atoms with Crippen LogP contribution in [0.5, 0.6) is 11.6 Å². The fourth-order valence-electron chi connectivity index (χ4n) is 3.78. The van der Waals surface area contributed by atoms with Crippen molar-refractivity contribution in [3.63, 3.8) is 0 Å². The molecule has 0 spiro atoms. The number of methoxy groups -OCH3 is 1. The molecule has 7 heteroatoms. The largest absolute Gasteiger partial charge is 0.497 e. The molecule has 0 unspecified atom stereocenters. The minimum absolute atomic E-state index is 0.0651. The lowest BCUT2D eigenvalue weighted by Crippen LogP contribution is -2.09. The second kappa shape index (κ2) is 10.3. The number of nitrogens with one attached hydrogen (secondary N) is 1. The van der Waals surface area contributed by atoms with Crippen molar-refractivity contribution < 1.29 is 19.1 Å². The minimum atomic E-state index is -0.450. The molecule has 0 aliphatic carbocycles. The summed E-state index contributed by atoms with van der Waals surface area (Å²) in [5.41, 5.74) is 5.42. The molecule has 0 fully saturated rings. The lowest BCUT2D eigenvalue weighted by molar-refractivity contribution is -0.132. The van der Waals surface area contributed by atoms with Crippen molar-refractivity contribution in [1.29, 1.82) is 0 Å². The number of aryl methyl sites for hydroxylation is 1. The average molecular weight is 470 g/mol. The summed E-state index contributed by atoms with van der Waals surface area (Å²) >= 11 is 0. The Kier molecular flexibility index (Phi) is 6.96. The van der Waals surface area contributed by atoms with Gasteiger partial charge in [0.1, 0.15) is 11.4 Å². The van der Waals surface area contributed by atoms with Crippen LogP contribution in [0.25, 0.3) is 28.1 Å². The van der Waals surface area contributed by atoms with Gasteiger partial charge in [-0.25, -0.2) is 0 Å². The SMILES string of the molecule is CCC(=O)Nc1ccc(-c2c(-c3ccc(OC)cc3)nn(-c3ccccc3C)c2OC(C)=O)cc1. The molecule has 0 saturated carbocycles. The molecule has 178 valence electrons. The van der Waals surface area contributed by atoms with Crippen LogP contribution < -0.4 is 14.8 Å². The molecular weight excluding hydrogens is 442 g/mol. The Labute approximate surface area is 204 Å². The third-order valence-corrected chi connectivity index (χ3v) is 5.57. The van der Waals surface area contributed by atoms with E-state index in [1.54, 1.807) is 18.7 Å². The van der Waals surface area contributed by atoms with Crippen molar-refractivity contribution in [2.75, 3.05) is 12.4 Å². The highest BCUT2D eigenvalue weighted by molar-refractivity contribution is 5.92. The Bertz CT molecular complexity index is 1360. The summed E-state index contributed by atoms with van der Waals surface area (Å²) < 4.78 is 12.7. The smallest absolute Gasteiger partial charge is 0.309 e. The van der Waals surface area contributed by atoms with Crippen LogP contribution in [-0.2, 0) is 9.59 Å². The van der Waals surface area contributed by atoms with Gasteiger partial charge in [0.05, 0.1) is 18.4 Å². The second-order valence-electron chi connectivity index (χ2n) is 8.03. The predicted octanol–water partition coefficient (Wildman–Crippen LogP) is 5.80. The second-order valence-corrected chi connectivity index (χ2v) is 8.03. The van der Waals surface area contributed by atoms with Gasteiger partial charge < -0.3 is 14.8 Å². The number of hydrogen-bond acceptors (Lipinski definition) is 5. The number of nitrogens with zero attached hydrogens (tertiary/aromatic N) is 2. The van der Waals surface area contributed by atoms with Crippen LogP contribution in [0.2, 0.25) is 0 Å². The molecule has 0 aliphatic rings. The molecular formula is C28H27N3O4. The van der Waals surface area contributed by atoms with Crippen LogP contribution >= 0.6 is 0 Å². The Balaban J connectivity index is 1.95. The van der Waals surface area contributed by atoms with Crippen LogP contribution in [0.4, 0.5) is 5.69 Å². The van der Waals surface area contributed by atoms with Crippen molar-refractivity contribution in [3.05, 3.63) is 78.4 Å². The van der Waals surface area contributed by atoms with E-state index < -0.39 is 5.97 Å². The third kappa shape index (κ3) is 5.09. The van der Waals surface area contributed by atoms with Crippen LogP contribution in [0.3, 0.4) is 0 Å². The summed E-state index contributed by atoms with van der Waals surface area (Å²) in [7, 11) is 1.62. The maximum atomic E-state index is 12.2. The Morgan fingerprint density at radius 1 is 0.943 bits per heavy atom. The Morgan fingerprint density at radius 3 is 2.20 bits per heavy atom. The van der Waals surface area contributed by atoms with Gasteiger partial charge in [0.25, 0.3) is 0 Å². The van der Waals surface area contributed by atoms with E-state index >= 15 is 0 Å². The van der Waals surface area contributed by atoms with E-state index in [0.717, 1.165) is 28.1 Å². The van der Waals surface area contributed by atoms with Gasteiger partial charge >= 0.3 is 5.97 Å². The summed E-state index contributed by atoms with van der Waals surface area (Å²) in [5.74, 6) is 0.534. The van der Waals surface area contributed by atoms with Gasteiger partial charge in [0.15, 0.2) is 0 Å². The maximum Gasteiger partial charge on any atom is 0.309 e. The normalized spacial score (nSPS) is 10.6. The first-order chi connectivity index (χ1) is 16.9. The van der Waals surface area contributed by atoms with E-state index in [4.69, 9.17) is 14.6 Å². The molecule has 0 aliphatic heterocycles. The van der Waals surface area contributed by atoms with Crippen molar-refractivity contribution >= 4 is 17.6 Å². The van der Waals surface area contributed by atoms with Gasteiger partial charge in [0.2, 0.25) is 11.8 Å². The molecule has 0 radical (unpaired) electrons. The number of rotatable bonds is 7. The molecule has 0 bridgehead atoms. The van der Waals surface area contributed by atoms with E-state index in [9.17, 15) is 9.59 Å². The van der Waals surface area contributed by atoms with Crippen molar-refractivity contribution in [2.45, 2.75) is 27.2 Å². The summed E-state index contributed by atoms with van der Waals surface area (Å²) in [6, 6.07) is 22.7. The first-order valence-corrected chi connectivity index (χ1v) is 11.3. The highest BCUT2D eigenvalue weighted by Gasteiger charge is 2.25. The van der Waals surface area contributed by atoms with Gasteiger partial charge in [0, 0.05) is 24.6 Å². The van der Waals surface area contributed by atoms with Crippen LogP contribution in [0.15, 0.2) is 72.8 Å². The zero-order valence-electron chi connectivity index (χ0n) is 20.2. The topological polar surface area (TPSA) is 82.4 Å². The number of carbonyl (C=O) groups is 2. The first-order valence-electron chi connectivity index (χ1n) is 11.3. The van der Waals surface area contributed by atoms with Crippen molar-refractivity contribution in [3.8, 4) is 39.7 Å². The van der Waals surface area contributed by atoms with Crippen LogP contribution in [0, 0.1) is 6.92 Å². The summed E-state index contributed by atoms with van der Waals surface area (Å²) in [5, 5.41) is 7.76. The summed E-state index contributed by atoms with van der Waals surface area (Å²) in [6.45, 7) is 5.15. The summed E-state index contributed by atoms with van der Waals surface area (Å²) in [6.07, 6.45) is 0.392. The lowest BCUT2D eigenvalue weighted by Gasteiger charge is -2.11. The zero-order valence-corrected chi connectivity index (χ0v) is 20.2. The molecule has 1 aromatic heterocycles. The number of para-hydroxylation sites is 1. The first kappa shape index (κ1) is 23.8. The van der Waals surface area contributed by atoms with E-state index in [1.165, 1.54) is 6.92 Å². The molecule has 1 heterocycles.